The zero-order valence-electron chi connectivity index (χ0n) is 13.6. The molecule has 1 aliphatic rings. The van der Waals surface area contributed by atoms with Gasteiger partial charge in [-0.2, -0.15) is 0 Å². The monoisotopic (exact) mass is 325 g/mol. The van der Waals surface area contributed by atoms with Crippen molar-refractivity contribution in [2.45, 2.75) is 13.6 Å². The average molecular weight is 325 g/mol. The number of aromatic nitrogens is 3. The minimum Gasteiger partial charge on any atom is -0.505 e. The normalized spacial score (nSPS) is 14.4. The molecule has 7 nitrogen and oxygen atoms in total. The fourth-order valence-corrected chi connectivity index (χ4v) is 2.29. The van der Waals surface area contributed by atoms with Crippen LogP contribution in [-0.2, 0) is 6.67 Å². The molecule has 24 heavy (non-hydrogen) atoms. The van der Waals surface area contributed by atoms with Crippen molar-refractivity contribution in [3.63, 3.8) is 0 Å². The van der Waals surface area contributed by atoms with Gasteiger partial charge in [0.1, 0.15) is 23.9 Å². The molecule has 2 heterocycles. The third-order valence-corrected chi connectivity index (χ3v) is 3.76. The highest BCUT2D eigenvalue weighted by molar-refractivity contribution is 5.58. The number of hydrogen-bond donors (Lipinski definition) is 2. The minimum atomic E-state index is 0.169. The number of hydrogen-bond acceptors (Lipinski definition) is 6. The summed E-state index contributed by atoms with van der Waals surface area (Å²) in [6.45, 7) is 5.98. The van der Waals surface area contributed by atoms with Crippen molar-refractivity contribution in [1.82, 2.24) is 25.4 Å². The fourth-order valence-electron chi connectivity index (χ4n) is 2.29. The lowest BCUT2D eigenvalue weighted by atomic mass is 10.1. The summed E-state index contributed by atoms with van der Waals surface area (Å²) in [5.41, 5.74) is 6.16. The van der Waals surface area contributed by atoms with E-state index in [-0.39, 0.29) is 5.76 Å². The van der Waals surface area contributed by atoms with Gasteiger partial charge in [0.05, 0.1) is 19.0 Å². The van der Waals surface area contributed by atoms with Gasteiger partial charge in [0.2, 0.25) is 0 Å². The lowest BCUT2D eigenvalue weighted by Crippen LogP contribution is -2.35. The molecule has 0 atom stereocenters. The predicted octanol–water partition coefficient (Wildman–Crippen LogP) is 2.59. The Bertz CT molecular complexity index is 805. The Balaban J connectivity index is 1.66. The van der Waals surface area contributed by atoms with E-state index in [1.165, 1.54) is 0 Å². The molecule has 0 bridgehead atoms. The van der Waals surface area contributed by atoms with Gasteiger partial charge in [-0.1, -0.05) is 11.8 Å². The number of methoxy groups -OCH3 is 1. The van der Waals surface area contributed by atoms with Gasteiger partial charge in [-0.05, 0) is 37.3 Å². The van der Waals surface area contributed by atoms with Crippen LogP contribution in [-0.4, -0.2) is 32.2 Å². The Morgan fingerprint density at radius 1 is 1.29 bits per heavy atom. The topological polar surface area (TPSA) is 75.4 Å². The zero-order chi connectivity index (χ0) is 17.1. The Morgan fingerprint density at radius 3 is 2.75 bits per heavy atom. The first-order valence-electron chi connectivity index (χ1n) is 7.43. The summed E-state index contributed by atoms with van der Waals surface area (Å²) in [5.74, 6) is 0.968. The van der Waals surface area contributed by atoms with Crippen molar-refractivity contribution in [2.24, 2.45) is 0 Å². The number of aliphatic hydroxyl groups is 1. The van der Waals surface area contributed by atoms with Crippen LogP contribution in [0.5, 0.6) is 5.75 Å². The third-order valence-electron chi connectivity index (χ3n) is 3.76. The largest absolute Gasteiger partial charge is 0.505 e. The highest BCUT2D eigenvalue weighted by Crippen LogP contribution is 2.21. The average Bonchev–Trinajstić information content (AvgIpc) is 3.08. The zero-order valence-corrected chi connectivity index (χ0v) is 13.6. The maximum Gasteiger partial charge on any atom is 0.142 e. The van der Waals surface area contributed by atoms with Crippen LogP contribution in [0, 0.1) is 0 Å². The molecule has 1 aliphatic heterocycles. The van der Waals surface area contributed by atoms with Crippen molar-refractivity contribution < 1.29 is 9.84 Å². The highest BCUT2D eigenvalue weighted by Gasteiger charge is 2.14. The molecule has 0 fully saturated rings. The number of nitrogens with zero attached hydrogens (tertiary/aromatic N) is 4. The van der Waals surface area contributed by atoms with Gasteiger partial charge >= 0.3 is 0 Å². The molecule has 0 saturated heterocycles. The maximum absolute atomic E-state index is 9.91. The molecule has 1 aromatic carbocycles. The molecule has 0 saturated carbocycles. The summed E-state index contributed by atoms with van der Waals surface area (Å²) in [4.78, 5) is 0. The van der Waals surface area contributed by atoms with E-state index in [0.29, 0.717) is 17.9 Å². The van der Waals surface area contributed by atoms with E-state index in [1.807, 2.05) is 30.5 Å². The minimum absolute atomic E-state index is 0.169. The Hall–Kier alpha value is -3.06. The van der Waals surface area contributed by atoms with E-state index >= 15 is 0 Å². The van der Waals surface area contributed by atoms with Crippen LogP contribution >= 0.6 is 0 Å². The van der Waals surface area contributed by atoms with E-state index in [1.54, 1.807) is 36.0 Å². The number of benzene rings is 1. The summed E-state index contributed by atoms with van der Waals surface area (Å²) in [6, 6.07) is 7.64. The molecule has 0 radical (unpaired) electrons. The number of allylic oxidation sites excluding steroid dienone is 2. The Kier molecular flexibility index (Phi) is 4.35. The Morgan fingerprint density at radius 2 is 2.04 bits per heavy atom. The molecule has 1 aromatic heterocycles. The SMILES string of the molecule is C=C1C=CN(NCn2cc(-c3ccc(OC)cc3)nn2)C(C)=C1O. The third kappa shape index (κ3) is 3.16. The summed E-state index contributed by atoms with van der Waals surface area (Å²) < 4.78 is 6.83. The smallest absolute Gasteiger partial charge is 0.142 e. The quantitative estimate of drug-likeness (QED) is 0.880. The summed E-state index contributed by atoms with van der Waals surface area (Å²) in [6.07, 6.45) is 5.39. The fraction of sp³-hybridized carbons (Fsp3) is 0.176. The highest BCUT2D eigenvalue weighted by atomic mass is 16.5. The molecule has 2 N–H and O–H groups in total. The van der Waals surface area contributed by atoms with Gasteiger partial charge in [0.25, 0.3) is 0 Å². The van der Waals surface area contributed by atoms with E-state index < -0.39 is 0 Å². The first-order valence-corrected chi connectivity index (χ1v) is 7.43. The second kappa shape index (κ2) is 6.59. The number of rotatable bonds is 5. The van der Waals surface area contributed by atoms with Gasteiger partial charge in [0.15, 0.2) is 0 Å². The molecule has 2 aromatic rings. The molecule has 0 spiro atoms. The number of nitrogens with one attached hydrogen (secondary N) is 1. The van der Waals surface area contributed by atoms with Crippen LogP contribution in [0.15, 0.2) is 66.3 Å². The van der Waals surface area contributed by atoms with Crippen LogP contribution in [0.4, 0.5) is 0 Å². The molecule has 7 heteroatoms. The summed E-state index contributed by atoms with van der Waals surface area (Å²) in [5, 5.41) is 19.9. The van der Waals surface area contributed by atoms with E-state index in [4.69, 9.17) is 4.74 Å². The lowest BCUT2D eigenvalue weighted by molar-refractivity contribution is 0.262. The molecule has 0 aliphatic carbocycles. The van der Waals surface area contributed by atoms with Crippen molar-refractivity contribution >= 4 is 0 Å². The first-order chi connectivity index (χ1) is 11.6. The number of ether oxygens (including phenoxy) is 1. The Labute approximate surface area is 140 Å². The summed E-state index contributed by atoms with van der Waals surface area (Å²) >= 11 is 0. The standard InChI is InChI=1S/C17H19N5O2/c1-12-8-9-22(13(2)17(12)23)18-11-21-10-16(19-20-21)14-4-6-15(24-3)7-5-14/h4-10,18,23H,1,11H2,2-3H3. The van der Waals surface area contributed by atoms with E-state index in [9.17, 15) is 5.11 Å². The maximum atomic E-state index is 9.91. The molecule has 124 valence electrons. The van der Waals surface area contributed by atoms with E-state index in [0.717, 1.165) is 17.0 Å². The molecule has 0 unspecified atom stereocenters. The van der Waals surface area contributed by atoms with Crippen LogP contribution in [0.2, 0.25) is 0 Å². The predicted molar refractivity (Wildman–Crippen MR) is 90.6 cm³/mol. The molecular weight excluding hydrogens is 306 g/mol. The van der Waals surface area contributed by atoms with Gasteiger partial charge in [0, 0.05) is 17.3 Å². The second-order valence-corrected chi connectivity index (χ2v) is 5.33. The van der Waals surface area contributed by atoms with E-state index in [2.05, 4.69) is 22.3 Å². The van der Waals surface area contributed by atoms with Gasteiger partial charge in [-0.25, -0.2) is 10.1 Å². The van der Waals surface area contributed by atoms with Crippen molar-refractivity contribution in [3.8, 4) is 17.0 Å². The number of hydrazine groups is 1. The van der Waals surface area contributed by atoms with Crippen LogP contribution in [0.1, 0.15) is 6.92 Å². The van der Waals surface area contributed by atoms with Crippen LogP contribution < -0.4 is 10.2 Å². The van der Waals surface area contributed by atoms with Crippen molar-refractivity contribution in [1.29, 1.82) is 0 Å². The first kappa shape index (κ1) is 15.8. The van der Waals surface area contributed by atoms with Gasteiger partial charge < -0.3 is 9.84 Å². The number of aliphatic hydroxyl groups excluding tert-OH is 1. The van der Waals surface area contributed by atoms with Crippen molar-refractivity contribution in [3.05, 3.63) is 66.3 Å². The van der Waals surface area contributed by atoms with Crippen LogP contribution in [0.3, 0.4) is 0 Å². The molecular formula is C17H19N5O2. The molecule has 3 rings (SSSR count). The van der Waals surface area contributed by atoms with Crippen molar-refractivity contribution in [2.75, 3.05) is 7.11 Å². The molecule has 0 amide bonds. The summed E-state index contributed by atoms with van der Waals surface area (Å²) in [7, 11) is 1.63. The van der Waals surface area contributed by atoms with Crippen LogP contribution in [0.25, 0.3) is 11.3 Å². The second-order valence-electron chi connectivity index (χ2n) is 5.33. The van der Waals surface area contributed by atoms with Gasteiger partial charge in [-0.15, -0.1) is 5.10 Å². The van der Waals surface area contributed by atoms with Gasteiger partial charge in [-0.3, -0.25) is 5.01 Å². The lowest BCUT2D eigenvalue weighted by Gasteiger charge is -2.26.